The summed E-state index contributed by atoms with van der Waals surface area (Å²) >= 11 is 0. The van der Waals surface area contributed by atoms with E-state index in [1.807, 2.05) is 48.5 Å². The molecule has 0 spiro atoms. The van der Waals surface area contributed by atoms with E-state index >= 15 is 0 Å². The van der Waals surface area contributed by atoms with Crippen molar-refractivity contribution < 1.29 is 38.6 Å². The summed E-state index contributed by atoms with van der Waals surface area (Å²) in [7, 11) is 0. The lowest BCUT2D eigenvalue weighted by molar-refractivity contribution is -0.155. The molecule has 12 nitrogen and oxygen atoms in total. The van der Waals surface area contributed by atoms with Gasteiger partial charge in [-0.3, -0.25) is 14.4 Å². The van der Waals surface area contributed by atoms with E-state index in [0.29, 0.717) is 6.42 Å². The second-order valence-corrected chi connectivity index (χ2v) is 8.80. The van der Waals surface area contributed by atoms with Crippen LogP contribution in [0.4, 0.5) is 9.59 Å². The van der Waals surface area contributed by atoms with E-state index in [1.54, 1.807) is 12.1 Å². The van der Waals surface area contributed by atoms with Crippen molar-refractivity contribution in [1.82, 2.24) is 20.4 Å². The fraction of sp³-hybridized carbons (Fsp3) is 0.370. The average molecular weight is 541 g/mol. The molecule has 2 aromatic rings. The Balaban J connectivity index is 1.48. The first-order chi connectivity index (χ1) is 18.8. The fourth-order valence-corrected chi connectivity index (χ4v) is 4.02. The number of aliphatic carboxylic acids is 1. The highest BCUT2D eigenvalue weighted by molar-refractivity contribution is 5.92. The van der Waals surface area contributed by atoms with E-state index in [1.165, 1.54) is 9.80 Å². The number of hydrogen-bond acceptors (Lipinski definition) is 7. The molecule has 0 radical (unpaired) electrons. The van der Waals surface area contributed by atoms with Crippen molar-refractivity contribution in [1.29, 1.82) is 0 Å². The molecule has 1 aliphatic rings. The third-order valence-corrected chi connectivity index (χ3v) is 5.96. The van der Waals surface area contributed by atoms with Gasteiger partial charge in [0.15, 0.2) is 0 Å². The standard InChI is InChI=1S/C27H32N4O8/c32-23(16-29-27(37)39-19-21-10-5-2-6-11-21)31-15-14-30(17-24(33)34)25(35)22(31)12-7-13-28-26(36)38-18-20-8-3-1-4-9-20/h1-6,8-11,22H,7,12-19H2,(H,28,36)(H,29,37)(H,33,34)/t22-/m0/s1. The Morgan fingerprint density at radius 3 is 1.97 bits per heavy atom. The van der Waals surface area contributed by atoms with Crippen LogP contribution in [0.15, 0.2) is 60.7 Å². The highest BCUT2D eigenvalue weighted by atomic mass is 16.6. The monoisotopic (exact) mass is 540 g/mol. The van der Waals surface area contributed by atoms with Crippen molar-refractivity contribution >= 4 is 30.0 Å². The third-order valence-electron chi connectivity index (χ3n) is 5.96. The molecule has 12 heteroatoms. The van der Waals surface area contributed by atoms with E-state index < -0.39 is 42.6 Å². The van der Waals surface area contributed by atoms with Crippen LogP contribution in [0.3, 0.4) is 0 Å². The number of carboxylic acids is 1. The molecule has 0 aliphatic carbocycles. The molecule has 0 unspecified atom stereocenters. The van der Waals surface area contributed by atoms with Crippen LogP contribution in [-0.4, -0.2) is 83.6 Å². The predicted octanol–water partition coefficient (Wildman–Crippen LogP) is 1.74. The van der Waals surface area contributed by atoms with Crippen molar-refractivity contribution in [3.05, 3.63) is 71.8 Å². The van der Waals surface area contributed by atoms with Gasteiger partial charge in [-0.1, -0.05) is 60.7 Å². The van der Waals surface area contributed by atoms with Crippen LogP contribution in [0.1, 0.15) is 24.0 Å². The number of hydrogen-bond donors (Lipinski definition) is 3. The number of rotatable bonds is 12. The fourth-order valence-electron chi connectivity index (χ4n) is 4.02. The van der Waals surface area contributed by atoms with Crippen LogP contribution in [0.5, 0.6) is 0 Å². The van der Waals surface area contributed by atoms with Crippen LogP contribution < -0.4 is 10.6 Å². The van der Waals surface area contributed by atoms with Crippen LogP contribution in [0.2, 0.25) is 0 Å². The minimum atomic E-state index is -1.16. The number of nitrogens with zero attached hydrogens (tertiary/aromatic N) is 2. The zero-order valence-electron chi connectivity index (χ0n) is 21.4. The first-order valence-electron chi connectivity index (χ1n) is 12.5. The molecule has 1 fully saturated rings. The molecule has 1 atom stereocenters. The predicted molar refractivity (Wildman–Crippen MR) is 138 cm³/mol. The minimum Gasteiger partial charge on any atom is -0.480 e. The molecule has 0 aromatic heterocycles. The number of piperazine rings is 1. The minimum absolute atomic E-state index is 0.0383. The van der Waals surface area contributed by atoms with Gasteiger partial charge in [-0.2, -0.15) is 0 Å². The summed E-state index contributed by atoms with van der Waals surface area (Å²) < 4.78 is 10.3. The van der Waals surface area contributed by atoms with Gasteiger partial charge in [-0.25, -0.2) is 9.59 Å². The maximum absolute atomic E-state index is 13.0. The Hall–Kier alpha value is -4.61. The molecule has 39 heavy (non-hydrogen) atoms. The molecule has 4 amide bonds. The van der Waals surface area contributed by atoms with Gasteiger partial charge in [0, 0.05) is 19.6 Å². The van der Waals surface area contributed by atoms with E-state index in [9.17, 15) is 24.0 Å². The lowest BCUT2D eigenvalue weighted by Crippen LogP contribution is -2.60. The van der Waals surface area contributed by atoms with Crippen molar-refractivity contribution in [2.45, 2.75) is 32.1 Å². The van der Waals surface area contributed by atoms with Gasteiger partial charge >= 0.3 is 18.2 Å². The van der Waals surface area contributed by atoms with Gasteiger partial charge in [-0.05, 0) is 24.0 Å². The van der Waals surface area contributed by atoms with Crippen molar-refractivity contribution in [2.24, 2.45) is 0 Å². The maximum atomic E-state index is 13.0. The van der Waals surface area contributed by atoms with Crippen LogP contribution in [-0.2, 0) is 37.1 Å². The summed E-state index contributed by atoms with van der Waals surface area (Å²) in [6.45, 7) is -0.377. The van der Waals surface area contributed by atoms with Crippen molar-refractivity contribution in [3.8, 4) is 0 Å². The zero-order chi connectivity index (χ0) is 28.0. The summed E-state index contributed by atoms with van der Waals surface area (Å²) in [6, 6.07) is 17.3. The number of alkyl carbamates (subject to hydrolysis) is 2. The van der Waals surface area contributed by atoms with E-state index in [4.69, 9.17) is 14.6 Å². The number of carboxylic acid groups (broad SMARTS) is 1. The lowest BCUT2D eigenvalue weighted by atomic mass is 10.0. The topological polar surface area (TPSA) is 155 Å². The van der Waals surface area contributed by atoms with Crippen LogP contribution in [0.25, 0.3) is 0 Å². The Morgan fingerprint density at radius 2 is 1.41 bits per heavy atom. The summed E-state index contributed by atoms with van der Waals surface area (Å²) in [5, 5.41) is 14.1. The lowest BCUT2D eigenvalue weighted by Gasteiger charge is -2.40. The number of nitrogens with one attached hydrogen (secondary N) is 2. The van der Waals surface area contributed by atoms with Gasteiger partial charge < -0.3 is 35.0 Å². The molecule has 1 heterocycles. The molecule has 208 valence electrons. The summed E-state index contributed by atoms with van der Waals surface area (Å²) in [5.41, 5.74) is 1.63. The maximum Gasteiger partial charge on any atom is 0.407 e. The molecule has 0 saturated carbocycles. The summed E-state index contributed by atoms with van der Waals surface area (Å²) in [4.78, 5) is 63.6. The normalized spacial score (nSPS) is 14.9. The number of carbonyl (C=O) groups excluding carboxylic acids is 4. The first kappa shape index (κ1) is 29.0. The molecule has 0 bridgehead atoms. The first-order valence-corrected chi connectivity index (χ1v) is 12.5. The summed E-state index contributed by atoms with van der Waals surface area (Å²) in [6.07, 6.45) is -0.892. The van der Waals surface area contributed by atoms with Gasteiger partial charge in [0.25, 0.3) is 0 Å². The van der Waals surface area contributed by atoms with E-state index in [2.05, 4.69) is 10.6 Å². The van der Waals surface area contributed by atoms with Gasteiger partial charge in [0.2, 0.25) is 11.8 Å². The Bertz CT molecular complexity index is 1130. The zero-order valence-corrected chi connectivity index (χ0v) is 21.4. The van der Waals surface area contributed by atoms with Crippen molar-refractivity contribution in [3.63, 3.8) is 0 Å². The van der Waals surface area contributed by atoms with E-state index in [-0.39, 0.29) is 45.8 Å². The number of amides is 4. The molecular weight excluding hydrogens is 508 g/mol. The van der Waals surface area contributed by atoms with Crippen LogP contribution in [0, 0.1) is 0 Å². The Labute approximate surface area is 225 Å². The number of benzene rings is 2. The SMILES string of the molecule is O=C(O)CN1CCN(C(=O)CNC(=O)OCc2ccccc2)[C@@H](CCCNC(=O)OCc2ccccc2)C1=O. The van der Waals surface area contributed by atoms with Crippen molar-refractivity contribution in [2.75, 3.05) is 32.7 Å². The Morgan fingerprint density at radius 1 is 0.846 bits per heavy atom. The molecular formula is C27H32N4O8. The van der Waals surface area contributed by atoms with Gasteiger partial charge in [0.05, 0.1) is 0 Å². The third kappa shape index (κ3) is 9.65. The average Bonchev–Trinajstić information content (AvgIpc) is 2.94. The van der Waals surface area contributed by atoms with E-state index in [0.717, 1.165) is 11.1 Å². The molecule has 2 aromatic carbocycles. The summed E-state index contributed by atoms with van der Waals surface area (Å²) in [5.74, 6) is -2.17. The van der Waals surface area contributed by atoms with Crippen LogP contribution >= 0.6 is 0 Å². The largest absolute Gasteiger partial charge is 0.480 e. The van der Waals surface area contributed by atoms with Gasteiger partial charge in [0.1, 0.15) is 32.3 Å². The number of carbonyl (C=O) groups is 5. The molecule has 1 saturated heterocycles. The molecule has 1 aliphatic heterocycles. The van der Waals surface area contributed by atoms with Gasteiger partial charge in [-0.15, -0.1) is 0 Å². The number of ether oxygens (including phenoxy) is 2. The highest BCUT2D eigenvalue weighted by Gasteiger charge is 2.37. The second-order valence-electron chi connectivity index (χ2n) is 8.80. The quantitative estimate of drug-likeness (QED) is 0.344. The highest BCUT2D eigenvalue weighted by Crippen LogP contribution is 2.16. The molecule has 3 N–H and O–H groups in total. The Kier molecular flexibility index (Phi) is 11.1. The molecule has 3 rings (SSSR count). The smallest absolute Gasteiger partial charge is 0.407 e. The second kappa shape index (κ2) is 15.0.